The second kappa shape index (κ2) is 4.62. The van der Waals surface area contributed by atoms with E-state index in [0.29, 0.717) is 5.92 Å². The molecule has 1 heteroatoms. The molecule has 58 valence electrons. The third kappa shape index (κ3) is 3.11. The molecule has 0 amide bonds. The van der Waals surface area contributed by atoms with E-state index in [1.54, 1.807) is 0 Å². The van der Waals surface area contributed by atoms with Crippen LogP contribution in [0.2, 0.25) is 0 Å². The molecule has 0 N–H and O–H groups in total. The van der Waals surface area contributed by atoms with Gasteiger partial charge in [-0.3, -0.25) is 0 Å². The van der Waals surface area contributed by atoms with Crippen LogP contribution in [0.3, 0.4) is 0 Å². The lowest BCUT2D eigenvalue weighted by Crippen LogP contribution is -2.08. The van der Waals surface area contributed by atoms with Crippen molar-refractivity contribution in [2.75, 3.05) is 0 Å². The highest BCUT2D eigenvalue weighted by atomic mass is 32.1. The molecule has 0 saturated heterocycles. The molecule has 10 heavy (non-hydrogen) atoms. The monoisotopic (exact) mass is 156 g/mol. The fourth-order valence-electron chi connectivity index (χ4n) is 0.985. The SMILES string of the molecule is C=C(C)C(=S)C(C)CCC. The molecule has 0 aliphatic rings. The van der Waals surface area contributed by atoms with Gasteiger partial charge in [-0.25, -0.2) is 0 Å². The number of hydrogen-bond donors (Lipinski definition) is 0. The number of rotatable bonds is 4. The van der Waals surface area contributed by atoms with Crippen LogP contribution in [-0.4, -0.2) is 4.86 Å². The van der Waals surface area contributed by atoms with Crippen molar-refractivity contribution in [2.24, 2.45) is 5.92 Å². The first kappa shape index (κ1) is 9.83. The third-order valence-corrected chi connectivity index (χ3v) is 2.34. The highest BCUT2D eigenvalue weighted by molar-refractivity contribution is 7.80. The second-order valence-corrected chi connectivity index (χ2v) is 3.27. The van der Waals surface area contributed by atoms with Crippen LogP contribution in [0.25, 0.3) is 0 Å². The smallest absolute Gasteiger partial charge is 0.0203 e. The van der Waals surface area contributed by atoms with Crippen molar-refractivity contribution in [3.05, 3.63) is 12.2 Å². The molecule has 0 fully saturated rings. The zero-order chi connectivity index (χ0) is 8.15. The summed E-state index contributed by atoms with van der Waals surface area (Å²) in [6.07, 6.45) is 2.39. The van der Waals surface area contributed by atoms with E-state index in [9.17, 15) is 0 Å². The maximum Gasteiger partial charge on any atom is 0.0203 e. The van der Waals surface area contributed by atoms with Crippen LogP contribution < -0.4 is 0 Å². The van der Waals surface area contributed by atoms with Gasteiger partial charge in [-0.2, -0.15) is 0 Å². The Kier molecular flexibility index (Phi) is 4.54. The topological polar surface area (TPSA) is 0 Å². The average Bonchev–Trinajstić information content (AvgIpc) is 1.87. The van der Waals surface area contributed by atoms with Gasteiger partial charge < -0.3 is 0 Å². The van der Waals surface area contributed by atoms with Crippen molar-refractivity contribution in [3.8, 4) is 0 Å². The van der Waals surface area contributed by atoms with Crippen molar-refractivity contribution in [1.82, 2.24) is 0 Å². The van der Waals surface area contributed by atoms with Gasteiger partial charge >= 0.3 is 0 Å². The van der Waals surface area contributed by atoms with Gasteiger partial charge in [0.25, 0.3) is 0 Å². The van der Waals surface area contributed by atoms with Crippen LogP contribution in [0.15, 0.2) is 12.2 Å². The Morgan fingerprint density at radius 1 is 1.60 bits per heavy atom. The van der Waals surface area contributed by atoms with Gasteiger partial charge in [0, 0.05) is 4.86 Å². The Morgan fingerprint density at radius 3 is 2.40 bits per heavy atom. The van der Waals surface area contributed by atoms with Gasteiger partial charge in [0.1, 0.15) is 0 Å². The van der Waals surface area contributed by atoms with Crippen LogP contribution in [0.1, 0.15) is 33.6 Å². The zero-order valence-electron chi connectivity index (χ0n) is 7.11. The van der Waals surface area contributed by atoms with Crippen LogP contribution in [0, 0.1) is 5.92 Å². The van der Waals surface area contributed by atoms with Crippen molar-refractivity contribution in [2.45, 2.75) is 33.6 Å². The summed E-state index contributed by atoms with van der Waals surface area (Å²) in [6, 6.07) is 0. The Morgan fingerprint density at radius 2 is 2.10 bits per heavy atom. The fraction of sp³-hybridized carbons (Fsp3) is 0.667. The molecule has 0 bridgehead atoms. The molecule has 0 aliphatic heterocycles. The summed E-state index contributed by atoms with van der Waals surface area (Å²) in [6.45, 7) is 10.1. The first-order valence-corrected chi connectivity index (χ1v) is 4.20. The summed E-state index contributed by atoms with van der Waals surface area (Å²) in [5.41, 5.74) is 1.05. The van der Waals surface area contributed by atoms with Crippen molar-refractivity contribution in [1.29, 1.82) is 0 Å². The summed E-state index contributed by atoms with van der Waals surface area (Å²) in [5.74, 6) is 0.539. The van der Waals surface area contributed by atoms with Crippen LogP contribution >= 0.6 is 12.2 Å². The second-order valence-electron chi connectivity index (χ2n) is 2.83. The lowest BCUT2D eigenvalue weighted by molar-refractivity contribution is 0.673. The van der Waals surface area contributed by atoms with E-state index in [-0.39, 0.29) is 0 Å². The first-order valence-electron chi connectivity index (χ1n) is 3.79. The van der Waals surface area contributed by atoms with Gasteiger partial charge in [-0.15, -0.1) is 0 Å². The Labute approximate surface area is 69.3 Å². The van der Waals surface area contributed by atoms with Crippen LogP contribution in [0.4, 0.5) is 0 Å². The summed E-state index contributed by atoms with van der Waals surface area (Å²) in [5, 5.41) is 0. The van der Waals surface area contributed by atoms with Gasteiger partial charge in [0.05, 0.1) is 0 Å². The summed E-state index contributed by atoms with van der Waals surface area (Å²) in [7, 11) is 0. The van der Waals surface area contributed by atoms with E-state index >= 15 is 0 Å². The highest BCUT2D eigenvalue weighted by Gasteiger charge is 2.06. The highest BCUT2D eigenvalue weighted by Crippen LogP contribution is 2.12. The maximum absolute atomic E-state index is 5.17. The normalized spacial score (nSPS) is 12.7. The Bertz CT molecular complexity index is 136. The van der Waals surface area contributed by atoms with Gasteiger partial charge in [-0.1, -0.05) is 39.1 Å². The molecule has 0 spiro atoms. The first-order chi connectivity index (χ1) is 4.59. The molecule has 0 nitrogen and oxygen atoms in total. The average molecular weight is 156 g/mol. The van der Waals surface area contributed by atoms with Crippen molar-refractivity contribution in [3.63, 3.8) is 0 Å². The molecule has 0 heterocycles. The third-order valence-electron chi connectivity index (χ3n) is 1.59. The van der Waals surface area contributed by atoms with E-state index < -0.39 is 0 Å². The number of allylic oxidation sites excluding steroid dienone is 1. The summed E-state index contributed by atoms with van der Waals surface area (Å²) >= 11 is 5.17. The van der Waals surface area contributed by atoms with E-state index in [4.69, 9.17) is 12.2 Å². The minimum atomic E-state index is 0.539. The lowest BCUT2D eigenvalue weighted by atomic mass is 9.98. The molecule has 0 aromatic rings. The molecular formula is C9H16S. The van der Waals surface area contributed by atoms with Crippen LogP contribution in [0.5, 0.6) is 0 Å². The predicted molar refractivity (Wildman–Crippen MR) is 51.5 cm³/mol. The quantitative estimate of drug-likeness (QED) is 0.444. The van der Waals surface area contributed by atoms with E-state index in [2.05, 4.69) is 20.4 Å². The standard InChI is InChI=1S/C9H16S/c1-5-6-8(4)9(10)7(2)3/h8H,2,5-6H2,1,3-4H3. The zero-order valence-corrected chi connectivity index (χ0v) is 7.92. The van der Waals surface area contributed by atoms with Crippen molar-refractivity contribution < 1.29 is 0 Å². The minimum absolute atomic E-state index is 0.539. The molecule has 1 atom stereocenters. The lowest BCUT2D eigenvalue weighted by Gasteiger charge is -2.10. The molecular weight excluding hydrogens is 140 g/mol. The van der Waals surface area contributed by atoms with Crippen LogP contribution in [-0.2, 0) is 0 Å². The number of hydrogen-bond acceptors (Lipinski definition) is 1. The van der Waals surface area contributed by atoms with Gasteiger partial charge in [-0.05, 0) is 24.8 Å². The van der Waals surface area contributed by atoms with E-state index in [0.717, 1.165) is 10.4 Å². The number of thiocarbonyl (C=S) groups is 1. The molecule has 0 saturated carbocycles. The molecule has 0 rings (SSSR count). The Balaban J connectivity index is 3.82. The summed E-state index contributed by atoms with van der Waals surface area (Å²) in [4.78, 5) is 1.04. The van der Waals surface area contributed by atoms with Gasteiger partial charge in [0.2, 0.25) is 0 Å². The molecule has 0 aromatic carbocycles. The van der Waals surface area contributed by atoms with E-state index in [1.165, 1.54) is 12.8 Å². The fourth-order valence-corrected chi connectivity index (χ4v) is 1.10. The minimum Gasteiger partial charge on any atom is -0.0950 e. The molecule has 0 radical (unpaired) electrons. The summed E-state index contributed by atoms with van der Waals surface area (Å²) < 4.78 is 0. The molecule has 0 aromatic heterocycles. The van der Waals surface area contributed by atoms with E-state index in [1.807, 2.05) is 6.92 Å². The maximum atomic E-state index is 5.17. The van der Waals surface area contributed by atoms with Crippen molar-refractivity contribution >= 4 is 17.1 Å². The van der Waals surface area contributed by atoms with Gasteiger partial charge in [0.15, 0.2) is 0 Å². The molecule has 0 aliphatic carbocycles. The largest absolute Gasteiger partial charge is 0.0950 e. The molecule has 1 unspecified atom stereocenters. The predicted octanol–water partition coefficient (Wildman–Crippen LogP) is 3.37. The Hall–Kier alpha value is -0.170.